The number of carbonyl (C=O) groups is 3. The summed E-state index contributed by atoms with van der Waals surface area (Å²) in [4.78, 5) is 44.4. The molecule has 4 rings (SSSR count). The Bertz CT molecular complexity index is 1090. The van der Waals surface area contributed by atoms with Crippen LogP contribution in [0.3, 0.4) is 0 Å². The van der Waals surface area contributed by atoms with Crippen LogP contribution in [0.2, 0.25) is 0 Å². The van der Waals surface area contributed by atoms with Gasteiger partial charge in [0.15, 0.2) is 0 Å². The highest BCUT2D eigenvalue weighted by Gasteiger charge is 2.40. The summed E-state index contributed by atoms with van der Waals surface area (Å²) in [6, 6.07) is 2.91. The lowest BCUT2D eigenvalue weighted by molar-refractivity contribution is -0.140. The first-order valence-electron chi connectivity index (χ1n) is 12.9. The van der Waals surface area contributed by atoms with Crippen molar-refractivity contribution >= 4 is 17.9 Å². The minimum atomic E-state index is -4.51. The third-order valence-corrected chi connectivity index (χ3v) is 7.33. The molecular weight excluding hydrogens is 501 g/mol. The highest BCUT2D eigenvalue weighted by Crippen LogP contribution is 2.35. The van der Waals surface area contributed by atoms with E-state index >= 15 is 0 Å². The largest absolute Gasteiger partial charge is 0.463 e. The number of esters is 1. The molecule has 1 aromatic carbocycles. The van der Waals surface area contributed by atoms with Gasteiger partial charge in [-0.25, -0.2) is 9.59 Å². The van der Waals surface area contributed by atoms with E-state index in [9.17, 15) is 27.6 Å². The first-order chi connectivity index (χ1) is 18.1. The zero-order valence-electron chi connectivity index (χ0n) is 21.4. The molecule has 0 aromatic heterocycles. The van der Waals surface area contributed by atoms with Crippen molar-refractivity contribution in [3.05, 3.63) is 59.3 Å². The number of benzene rings is 1. The average molecular weight is 535 g/mol. The minimum absolute atomic E-state index is 0.0900. The predicted octanol–water partition coefficient (Wildman–Crippen LogP) is 3.72. The van der Waals surface area contributed by atoms with Crippen LogP contribution in [0.1, 0.15) is 43.4 Å². The van der Waals surface area contributed by atoms with E-state index in [2.05, 4.69) is 16.8 Å². The van der Waals surface area contributed by atoms with Gasteiger partial charge in [-0.2, -0.15) is 13.2 Å². The first-order valence-corrected chi connectivity index (χ1v) is 12.9. The van der Waals surface area contributed by atoms with Gasteiger partial charge in [0.2, 0.25) is 5.91 Å². The second kappa shape index (κ2) is 11.6. The van der Waals surface area contributed by atoms with Gasteiger partial charge < -0.3 is 15.0 Å². The molecule has 3 aliphatic rings. The lowest BCUT2D eigenvalue weighted by Gasteiger charge is -2.41. The van der Waals surface area contributed by atoms with Crippen LogP contribution in [0.25, 0.3) is 0 Å². The fourth-order valence-corrected chi connectivity index (χ4v) is 5.01. The normalized spacial score (nSPS) is 21.2. The number of carbonyl (C=O) groups excluding carboxylic acids is 3. The van der Waals surface area contributed by atoms with Gasteiger partial charge in [0.05, 0.1) is 23.8 Å². The van der Waals surface area contributed by atoms with Gasteiger partial charge in [0.1, 0.15) is 0 Å². The molecule has 1 saturated heterocycles. The third kappa shape index (κ3) is 5.87. The number of alkyl halides is 3. The van der Waals surface area contributed by atoms with Crippen LogP contribution in [-0.2, 0) is 20.5 Å². The van der Waals surface area contributed by atoms with Gasteiger partial charge in [-0.15, -0.1) is 6.58 Å². The van der Waals surface area contributed by atoms with Crippen LogP contribution in [0.15, 0.2) is 48.2 Å². The molecule has 1 N–H and O–H groups in total. The zero-order chi connectivity index (χ0) is 27.4. The van der Waals surface area contributed by atoms with Crippen molar-refractivity contribution in [3.8, 4) is 0 Å². The summed E-state index contributed by atoms with van der Waals surface area (Å²) in [5, 5.41) is 2.76. The van der Waals surface area contributed by atoms with E-state index in [-0.39, 0.29) is 37.1 Å². The number of halogens is 3. The lowest BCUT2D eigenvalue weighted by Crippen LogP contribution is -2.54. The smallest absolute Gasteiger partial charge is 0.416 e. The molecule has 11 heteroatoms. The van der Waals surface area contributed by atoms with Crippen molar-refractivity contribution in [1.29, 1.82) is 0 Å². The number of amides is 3. The van der Waals surface area contributed by atoms with Crippen LogP contribution < -0.4 is 5.32 Å². The number of ether oxygens (including phenoxy) is 1. The maximum Gasteiger partial charge on any atom is 0.416 e. The van der Waals surface area contributed by atoms with Crippen LogP contribution in [0.5, 0.6) is 0 Å². The molecule has 206 valence electrons. The summed E-state index contributed by atoms with van der Waals surface area (Å²) in [5.41, 5.74) is 0.0887. The number of urea groups is 1. The van der Waals surface area contributed by atoms with Crippen LogP contribution in [0, 0.1) is 5.92 Å². The molecule has 1 atom stereocenters. The van der Waals surface area contributed by atoms with E-state index in [1.807, 2.05) is 4.90 Å². The van der Waals surface area contributed by atoms with Crippen molar-refractivity contribution in [1.82, 2.24) is 20.0 Å². The highest BCUT2D eigenvalue weighted by atomic mass is 19.4. The van der Waals surface area contributed by atoms with Crippen molar-refractivity contribution in [2.45, 2.75) is 38.4 Å². The summed E-state index contributed by atoms with van der Waals surface area (Å²) in [6.45, 7) is 8.06. The Balaban J connectivity index is 1.64. The third-order valence-electron chi connectivity index (χ3n) is 7.33. The Morgan fingerprint density at radius 1 is 1.13 bits per heavy atom. The molecule has 1 aliphatic carbocycles. The van der Waals surface area contributed by atoms with Crippen LogP contribution in [-0.4, -0.2) is 78.5 Å². The summed E-state index contributed by atoms with van der Waals surface area (Å²) in [5.74, 6) is -0.343. The minimum Gasteiger partial charge on any atom is -0.463 e. The van der Waals surface area contributed by atoms with E-state index in [4.69, 9.17) is 4.74 Å². The van der Waals surface area contributed by atoms with Crippen molar-refractivity contribution in [2.24, 2.45) is 5.92 Å². The molecule has 1 aromatic rings. The molecule has 2 aliphatic heterocycles. The first kappa shape index (κ1) is 27.7. The maximum atomic E-state index is 13.2. The average Bonchev–Trinajstić information content (AvgIpc) is 2.85. The molecule has 3 amide bonds. The Kier molecular flexibility index (Phi) is 8.44. The number of hydrogen-bond donors (Lipinski definition) is 1. The molecule has 0 radical (unpaired) electrons. The molecule has 2 heterocycles. The standard InChI is InChI=1S/C27H33F3N4O4/c1-3-12-34-21(17-32-13-15-33(16-14-32)24(35)19-6-5-7-19)22(25(36)38-4-2)23(31-26(34)37)18-8-10-20(11-9-18)27(28,29)30/h3,8-11,19,23H,1,4-7,12-17H2,2H3,(H,31,37). The van der Waals surface area contributed by atoms with Crippen LogP contribution >= 0.6 is 0 Å². The molecule has 1 unspecified atom stereocenters. The Morgan fingerprint density at radius 2 is 1.79 bits per heavy atom. The molecule has 38 heavy (non-hydrogen) atoms. The lowest BCUT2D eigenvalue weighted by atomic mass is 9.84. The molecule has 0 bridgehead atoms. The van der Waals surface area contributed by atoms with Gasteiger partial charge in [-0.1, -0.05) is 24.6 Å². The Labute approximate surface area is 220 Å². The fraction of sp³-hybridized carbons (Fsp3) is 0.519. The van der Waals surface area contributed by atoms with Crippen molar-refractivity contribution in [3.63, 3.8) is 0 Å². The highest BCUT2D eigenvalue weighted by molar-refractivity contribution is 5.95. The summed E-state index contributed by atoms with van der Waals surface area (Å²) in [6.07, 6.45) is -0.0156. The number of rotatable bonds is 8. The quantitative estimate of drug-likeness (QED) is 0.406. The second-order valence-corrected chi connectivity index (χ2v) is 9.71. The van der Waals surface area contributed by atoms with E-state index in [1.54, 1.807) is 6.92 Å². The van der Waals surface area contributed by atoms with E-state index in [1.165, 1.54) is 23.1 Å². The maximum absolute atomic E-state index is 13.2. The van der Waals surface area contributed by atoms with Gasteiger partial charge >= 0.3 is 18.2 Å². The van der Waals surface area contributed by atoms with Crippen molar-refractivity contribution < 1.29 is 32.3 Å². The van der Waals surface area contributed by atoms with Gasteiger partial charge in [0, 0.05) is 50.9 Å². The topological polar surface area (TPSA) is 82.2 Å². The molecule has 1 saturated carbocycles. The van der Waals surface area contributed by atoms with Crippen molar-refractivity contribution in [2.75, 3.05) is 45.9 Å². The molecule has 2 fully saturated rings. The fourth-order valence-electron chi connectivity index (χ4n) is 5.01. The molecule has 8 nitrogen and oxygen atoms in total. The Hall–Kier alpha value is -3.34. The number of nitrogens with one attached hydrogen (secondary N) is 1. The van der Waals surface area contributed by atoms with E-state index in [0.717, 1.165) is 31.4 Å². The summed E-state index contributed by atoms with van der Waals surface area (Å²) in [7, 11) is 0. The SMILES string of the molecule is C=CCN1C(=O)NC(c2ccc(C(F)(F)F)cc2)C(C(=O)OCC)=C1CN1CCN(C(=O)C2CCC2)CC1. The van der Waals surface area contributed by atoms with Gasteiger partial charge in [-0.3, -0.25) is 14.6 Å². The predicted molar refractivity (Wildman–Crippen MR) is 134 cm³/mol. The monoisotopic (exact) mass is 534 g/mol. The molecular formula is C27H33F3N4O4. The Morgan fingerprint density at radius 3 is 2.32 bits per heavy atom. The van der Waals surface area contributed by atoms with Gasteiger partial charge in [0.25, 0.3) is 0 Å². The summed E-state index contributed by atoms with van der Waals surface area (Å²) >= 11 is 0. The zero-order valence-corrected chi connectivity index (χ0v) is 21.4. The van der Waals surface area contributed by atoms with E-state index < -0.39 is 29.8 Å². The van der Waals surface area contributed by atoms with Crippen LogP contribution in [0.4, 0.5) is 18.0 Å². The number of piperazine rings is 1. The summed E-state index contributed by atoms with van der Waals surface area (Å²) < 4.78 is 44.7. The van der Waals surface area contributed by atoms with E-state index in [0.29, 0.717) is 37.4 Å². The second-order valence-electron chi connectivity index (χ2n) is 9.71. The number of nitrogens with zero attached hydrogens (tertiary/aromatic N) is 3. The molecule has 0 spiro atoms. The van der Waals surface area contributed by atoms with Gasteiger partial charge in [-0.05, 0) is 37.5 Å². The number of hydrogen-bond acceptors (Lipinski definition) is 5.